The first-order valence-electron chi connectivity index (χ1n) is 8.40. The van der Waals surface area contributed by atoms with Gasteiger partial charge in [-0.2, -0.15) is 0 Å². The number of aliphatic carboxylic acids is 1. The third-order valence-corrected chi connectivity index (χ3v) is 4.23. The Balaban J connectivity index is 1.95. The molecule has 0 aliphatic carbocycles. The molecule has 136 valence electrons. The second kappa shape index (κ2) is 8.50. The van der Waals surface area contributed by atoms with Gasteiger partial charge in [0.2, 0.25) is 5.91 Å². The number of amides is 2. The molecule has 1 aromatic rings. The van der Waals surface area contributed by atoms with Crippen LogP contribution >= 0.6 is 0 Å². The van der Waals surface area contributed by atoms with E-state index in [4.69, 9.17) is 4.74 Å². The number of benzene rings is 1. The van der Waals surface area contributed by atoms with Gasteiger partial charge in [-0.1, -0.05) is 44.2 Å². The molecule has 7 nitrogen and oxygen atoms in total. The number of likely N-dealkylation sites (tertiary alicyclic amines) is 1. The molecule has 0 unspecified atom stereocenters. The molecule has 0 aromatic heterocycles. The van der Waals surface area contributed by atoms with Crippen LogP contribution in [0.3, 0.4) is 0 Å². The summed E-state index contributed by atoms with van der Waals surface area (Å²) in [5.41, 5.74) is 0.863. The zero-order chi connectivity index (χ0) is 18.4. The third kappa shape index (κ3) is 4.95. The molecule has 0 radical (unpaired) electrons. The molecule has 1 aromatic carbocycles. The SMILES string of the molecule is CC(C)[C@H](NC(=O)[C@@H]1CCCN1C(=O)OCc1ccccc1)C(=O)O. The number of carbonyl (C=O) groups excluding carboxylic acids is 2. The lowest BCUT2D eigenvalue weighted by Gasteiger charge is -2.26. The van der Waals surface area contributed by atoms with Gasteiger partial charge in [-0.25, -0.2) is 9.59 Å². The Labute approximate surface area is 147 Å². The van der Waals surface area contributed by atoms with E-state index in [1.165, 1.54) is 4.90 Å². The van der Waals surface area contributed by atoms with Gasteiger partial charge >= 0.3 is 12.1 Å². The van der Waals surface area contributed by atoms with E-state index >= 15 is 0 Å². The first-order chi connectivity index (χ1) is 11.9. The number of carboxylic acid groups (broad SMARTS) is 1. The second-order valence-corrected chi connectivity index (χ2v) is 6.46. The second-order valence-electron chi connectivity index (χ2n) is 6.46. The van der Waals surface area contributed by atoms with Gasteiger partial charge in [0.05, 0.1) is 0 Å². The van der Waals surface area contributed by atoms with E-state index in [2.05, 4.69) is 5.32 Å². The van der Waals surface area contributed by atoms with Gasteiger partial charge in [-0.05, 0) is 24.3 Å². The molecule has 1 aliphatic heterocycles. The molecule has 0 bridgehead atoms. The maximum Gasteiger partial charge on any atom is 0.410 e. The van der Waals surface area contributed by atoms with Crippen LogP contribution in [0.5, 0.6) is 0 Å². The Kier molecular flexibility index (Phi) is 6.38. The summed E-state index contributed by atoms with van der Waals surface area (Å²) >= 11 is 0. The Morgan fingerprint density at radius 1 is 1.28 bits per heavy atom. The molecule has 7 heteroatoms. The van der Waals surface area contributed by atoms with Crippen molar-refractivity contribution in [3.8, 4) is 0 Å². The van der Waals surface area contributed by atoms with Crippen LogP contribution in [0, 0.1) is 5.92 Å². The summed E-state index contributed by atoms with van der Waals surface area (Å²) in [7, 11) is 0. The maximum atomic E-state index is 12.4. The highest BCUT2D eigenvalue weighted by atomic mass is 16.6. The molecule has 2 N–H and O–H groups in total. The van der Waals surface area contributed by atoms with E-state index in [1.807, 2.05) is 30.3 Å². The average molecular weight is 348 g/mol. The smallest absolute Gasteiger partial charge is 0.410 e. The van der Waals surface area contributed by atoms with Crippen LogP contribution in [-0.2, 0) is 20.9 Å². The molecule has 0 spiro atoms. The van der Waals surface area contributed by atoms with Gasteiger partial charge in [0.1, 0.15) is 18.7 Å². The zero-order valence-electron chi connectivity index (χ0n) is 14.5. The van der Waals surface area contributed by atoms with Crippen molar-refractivity contribution in [3.05, 3.63) is 35.9 Å². The summed E-state index contributed by atoms with van der Waals surface area (Å²) in [4.78, 5) is 37.3. The molecule has 1 fully saturated rings. The molecule has 2 rings (SSSR count). The van der Waals surface area contributed by atoms with Crippen LogP contribution in [0.4, 0.5) is 4.79 Å². The van der Waals surface area contributed by atoms with E-state index in [0.29, 0.717) is 19.4 Å². The lowest BCUT2D eigenvalue weighted by atomic mass is 10.0. The van der Waals surface area contributed by atoms with Gasteiger partial charge in [-0.3, -0.25) is 9.69 Å². The number of ether oxygens (including phenoxy) is 1. The fourth-order valence-corrected chi connectivity index (χ4v) is 2.82. The van der Waals surface area contributed by atoms with Crippen molar-refractivity contribution >= 4 is 18.0 Å². The predicted molar refractivity (Wildman–Crippen MR) is 90.8 cm³/mol. The summed E-state index contributed by atoms with van der Waals surface area (Å²) in [6.07, 6.45) is 0.618. The van der Waals surface area contributed by atoms with Crippen molar-refractivity contribution < 1.29 is 24.2 Å². The highest BCUT2D eigenvalue weighted by molar-refractivity contribution is 5.89. The first kappa shape index (κ1) is 18.8. The van der Waals surface area contributed by atoms with Crippen molar-refractivity contribution in [1.29, 1.82) is 0 Å². The molecule has 0 saturated carbocycles. The van der Waals surface area contributed by atoms with Gasteiger partial charge in [0.15, 0.2) is 0 Å². The largest absolute Gasteiger partial charge is 0.480 e. The van der Waals surface area contributed by atoms with Gasteiger partial charge in [0, 0.05) is 6.54 Å². The van der Waals surface area contributed by atoms with Crippen LogP contribution in [0.25, 0.3) is 0 Å². The average Bonchev–Trinajstić information content (AvgIpc) is 3.07. The molecule has 1 saturated heterocycles. The summed E-state index contributed by atoms with van der Waals surface area (Å²) in [6, 6.07) is 7.61. The number of nitrogens with zero attached hydrogens (tertiary/aromatic N) is 1. The van der Waals surface area contributed by atoms with Crippen LogP contribution < -0.4 is 5.32 Å². The molecule has 2 amide bonds. The number of hydrogen-bond acceptors (Lipinski definition) is 4. The molecular weight excluding hydrogens is 324 g/mol. The molecule has 1 aliphatic rings. The quantitative estimate of drug-likeness (QED) is 0.820. The van der Waals surface area contributed by atoms with Crippen molar-refractivity contribution in [1.82, 2.24) is 10.2 Å². The van der Waals surface area contributed by atoms with Gasteiger partial charge in [-0.15, -0.1) is 0 Å². The van der Waals surface area contributed by atoms with E-state index in [1.54, 1.807) is 13.8 Å². The summed E-state index contributed by atoms with van der Waals surface area (Å²) < 4.78 is 5.28. The van der Waals surface area contributed by atoms with Crippen LogP contribution in [-0.4, -0.2) is 46.6 Å². The van der Waals surface area contributed by atoms with E-state index < -0.39 is 30.1 Å². The van der Waals surface area contributed by atoms with Gasteiger partial charge < -0.3 is 15.2 Å². The number of rotatable bonds is 6. The number of hydrogen-bond donors (Lipinski definition) is 2. The minimum atomic E-state index is -1.08. The van der Waals surface area contributed by atoms with E-state index in [-0.39, 0.29) is 12.5 Å². The fourth-order valence-electron chi connectivity index (χ4n) is 2.82. The topological polar surface area (TPSA) is 95.9 Å². The van der Waals surface area contributed by atoms with Crippen LogP contribution in [0.2, 0.25) is 0 Å². The lowest BCUT2D eigenvalue weighted by Crippen LogP contribution is -2.52. The predicted octanol–water partition coefficient (Wildman–Crippen LogP) is 2.01. The Hall–Kier alpha value is -2.57. The monoisotopic (exact) mass is 348 g/mol. The normalized spacial score (nSPS) is 18.0. The number of carbonyl (C=O) groups is 3. The Morgan fingerprint density at radius 2 is 1.96 bits per heavy atom. The standard InChI is InChI=1S/C18H24N2O5/c1-12(2)15(17(22)23)19-16(21)14-9-6-10-20(14)18(24)25-11-13-7-4-3-5-8-13/h3-5,7-8,12,14-15H,6,9-11H2,1-2H3,(H,19,21)(H,22,23)/t14-,15-/m0/s1. The Bertz CT molecular complexity index is 617. The first-order valence-corrected chi connectivity index (χ1v) is 8.40. The van der Waals surface area contributed by atoms with Crippen molar-refractivity contribution in [3.63, 3.8) is 0 Å². The molecule has 25 heavy (non-hydrogen) atoms. The molecule has 1 heterocycles. The molecular formula is C18H24N2O5. The Morgan fingerprint density at radius 3 is 2.56 bits per heavy atom. The zero-order valence-corrected chi connectivity index (χ0v) is 14.5. The minimum Gasteiger partial charge on any atom is -0.480 e. The third-order valence-electron chi connectivity index (χ3n) is 4.23. The van der Waals surface area contributed by atoms with E-state index in [0.717, 1.165) is 5.56 Å². The summed E-state index contributed by atoms with van der Waals surface area (Å²) in [5.74, 6) is -1.78. The van der Waals surface area contributed by atoms with Crippen molar-refractivity contribution in [2.45, 2.75) is 45.4 Å². The van der Waals surface area contributed by atoms with Crippen molar-refractivity contribution in [2.75, 3.05) is 6.54 Å². The van der Waals surface area contributed by atoms with E-state index in [9.17, 15) is 19.5 Å². The summed E-state index contributed by atoms with van der Waals surface area (Å²) in [6.45, 7) is 4.00. The lowest BCUT2D eigenvalue weighted by molar-refractivity contribution is -0.143. The van der Waals surface area contributed by atoms with Crippen LogP contribution in [0.15, 0.2) is 30.3 Å². The van der Waals surface area contributed by atoms with Gasteiger partial charge in [0.25, 0.3) is 0 Å². The fraction of sp³-hybridized carbons (Fsp3) is 0.500. The highest BCUT2D eigenvalue weighted by Crippen LogP contribution is 2.19. The highest BCUT2D eigenvalue weighted by Gasteiger charge is 2.37. The number of carboxylic acids is 1. The number of nitrogens with one attached hydrogen (secondary N) is 1. The van der Waals surface area contributed by atoms with Crippen molar-refractivity contribution in [2.24, 2.45) is 5.92 Å². The van der Waals surface area contributed by atoms with Crippen LogP contribution in [0.1, 0.15) is 32.3 Å². The summed E-state index contributed by atoms with van der Waals surface area (Å²) in [5, 5.41) is 11.7. The molecule has 2 atom stereocenters. The maximum absolute atomic E-state index is 12.4. The minimum absolute atomic E-state index is 0.133.